The van der Waals surface area contributed by atoms with Crippen molar-refractivity contribution in [1.82, 2.24) is 15.1 Å². The Balaban J connectivity index is 1.88. The number of rotatable bonds is 8. The molecule has 26 heavy (non-hydrogen) atoms. The lowest BCUT2D eigenvalue weighted by atomic mass is 10.0. The summed E-state index contributed by atoms with van der Waals surface area (Å²) < 4.78 is 40.5. The smallest absolute Gasteiger partial charge is 0.344 e. The highest BCUT2D eigenvalue weighted by molar-refractivity contribution is 5.76. The number of carbonyl (C=O) groups is 1. The summed E-state index contributed by atoms with van der Waals surface area (Å²) in [4.78, 5) is 21.7. The molecule has 0 radical (unpaired) electrons. The number of halogens is 3. The quantitative estimate of drug-likeness (QED) is 0.571. The van der Waals surface area contributed by atoms with Gasteiger partial charge in [-0.2, -0.15) is 18.3 Å². The van der Waals surface area contributed by atoms with Crippen molar-refractivity contribution in [3.63, 3.8) is 0 Å². The third-order valence-corrected chi connectivity index (χ3v) is 3.69. The normalized spacial score (nSPS) is 12.6. The maximum atomic E-state index is 13.1. The fourth-order valence-electron chi connectivity index (χ4n) is 2.33. The van der Waals surface area contributed by atoms with Gasteiger partial charge in [-0.25, -0.2) is 0 Å². The molecule has 1 aromatic heterocycles. The van der Waals surface area contributed by atoms with Crippen LogP contribution in [0.3, 0.4) is 0 Å². The monoisotopic (exact) mass is 370 g/mol. The molecule has 0 spiro atoms. The van der Waals surface area contributed by atoms with Crippen LogP contribution in [0, 0.1) is 10.1 Å². The fraction of sp³-hybridized carbons (Fsp3) is 0.375. The van der Waals surface area contributed by atoms with Crippen LogP contribution >= 0.6 is 0 Å². The van der Waals surface area contributed by atoms with E-state index >= 15 is 0 Å². The molecule has 1 unspecified atom stereocenters. The van der Waals surface area contributed by atoms with Gasteiger partial charge in [-0.15, -0.1) is 0 Å². The van der Waals surface area contributed by atoms with Crippen LogP contribution in [0.4, 0.5) is 18.9 Å². The lowest BCUT2D eigenvalue weighted by molar-refractivity contribution is -0.385. The number of benzene rings is 1. The van der Waals surface area contributed by atoms with Gasteiger partial charge in [-0.05, 0) is 18.4 Å². The second-order valence-corrected chi connectivity index (χ2v) is 5.65. The number of nitro groups is 1. The van der Waals surface area contributed by atoms with E-state index in [1.54, 1.807) is 30.3 Å². The number of aromatic nitrogens is 2. The van der Waals surface area contributed by atoms with Crippen LogP contribution in [0.5, 0.6) is 0 Å². The molecule has 1 N–H and O–H groups in total. The molecule has 1 amide bonds. The molecule has 0 aliphatic rings. The molecule has 0 aliphatic carbocycles. The Bertz CT molecular complexity index is 747. The third kappa shape index (κ3) is 5.87. The number of carbonyl (C=O) groups excluding carboxylic acids is 1. The van der Waals surface area contributed by atoms with E-state index in [1.165, 1.54) is 0 Å². The first-order chi connectivity index (χ1) is 12.3. The molecule has 0 fully saturated rings. The van der Waals surface area contributed by atoms with Crippen LogP contribution in [0.2, 0.25) is 0 Å². The van der Waals surface area contributed by atoms with Crippen molar-refractivity contribution < 1.29 is 22.9 Å². The van der Waals surface area contributed by atoms with Gasteiger partial charge in [0.1, 0.15) is 18.4 Å². The number of amides is 1. The fourth-order valence-corrected chi connectivity index (χ4v) is 2.33. The van der Waals surface area contributed by atoms with Crippen LogP contribution in [0.1, 0.15) is 18.4 Å². The van der Waals surface area contributed by atoms with E-state index in [2.05, 4.69) is 5.10 Å². The molecule has 7 nitrogen and oxygen atoms in total. The molecule has 2 aromatic rings. The molecule has 1 atom stereocenters. The van der Waals surface area contributed by atoms with Crippen LogP contribution in [-0.4, -0.2) is 32.8 Å². The molecule has 1 heterocycles. The minimum Gasteiger partial charge on any atom is -0.344 e. The van der Waals surface area contributed by atoms with Gasteiger partial charge in [-0.1, -0.05) is 30.3 Å². The standard InChI is InChI=1S/C16H17F3N4O3/c17-16(18,19)14(7-6-12-4-2-1-3-5-12)21-15(24)8-9-22-11-13(10-20-22)23(25)26/h1-5,10-11,14H,6-9H2,(H,21,24). The van der Waals surface area contributed by atoms with Crippen molar-refractivity contribution in [2.24, 2.45) is 0 Å². The van der Waals surface area contributed by atoms with Gasteiger partial charge in [0.25, 0.3) is 0 Å². The summed E-state index contributed by atoms with van der Waals surface area (Å²) in [7, 11) is 0. The van der Waals surface area contributed by atoms with Crippen LogP contribution in [-0.2, 0) is 17.8 Å². The first-order valence-corrected chi connectivity index (χ1v) is 7.82. The largest absolute Gasteiger partial charge is 0.408 e. The zero-order valence-electron chi connectivity index (χ0n) is 13.6. The average Bonchev–Trinajstić information content (AvgIpc) is 3.06. The van der Waals surface area contributed by atoms with E-state index in [0.717, 1.165) is 22.6 Å². The summed E-state index contributed by atoms with van der Waals surface area (Å²) in [5.41, 5.74) is 0.501. The van der Waals surface area contributed by atoms with Gasteiger partial charge in [0.2, 0.25) is 5.91 Å². The van der Waals surface area contributed by atoms with E-state index in [4.69, 9.17) is 0 Å². The summed E-state index contributed by atoms with van der Waals surface area (Å²) in [5.74, 6) is -0.793. The zero-order valence-corrected chi connectivity index (χ0v) is 13.6. The predicted molar refractivity (Wildman–Crippen MR) is 86.2 cm³/mol. The van der Waals surface area contributed by atoms with Crippen molar-refractivity contribution in [1.29, 1.82) is 0 Å². The Morgan fingerprint density at radius 1 is 1.31 bits per heavy atom. The Labute approximate surface area is 147 Å². The van der Waals surface area contributed by atoms with Crippen molar-refractivity contribution in [2.75, 3.05) is 0 Å². The molecule has 0 bridgehead atoms. The van der Waals surface area contributed by atoms with Gasteiger partial charge in [0.15, 0.2) is 0 Å². The topological polar surface area (TPSA) is 90.1 Å². The summed E-state index contributed by atoms with van der Waals surface area (Å²) in [6.07, 6.45) is -2.80. The molecule has 0 saturated heterocycles. The number of aryl methyl sites for hydroxylation is 2. The minimum absolute atomic E-state index is 0.0526. The minimum atomic E-state index is -4.56. The lowest BCUT2D eigenvalue weighted by Gasteiger charge is -2.21. The number of nitrogens with one attached hydrogen (secondary N) is 1. The Hall–Kier alpha value is -2.91. The van der Waals surface area contributed by atoms with E-state index in [-0.39, 0.29) is 31.5 Å². The second kappa shape index (κ2) is 8.45. The Kier molecular flexibility index (Phi) is 6.31. The maximum absolute atomic E-state index is 13.1. The molecule has 0 aliphatic heterocycles. The van der Waals surface area contributed by atoms with Crippen LogP contribution < -0.4 is 5.32 Å². The van der Waals surface area contributed by atoms with Gasteiger partial charge in [0, 0.05) is 13.0 Å². The highest BCUT2D eigenvalue weighted by atomic mass is 19.4. The van der Waals surface area contributed by atoms with Crippen molar-refractivity contribution >= 4 is 11.6 Å². The number of alkyl halides is 3. The third-order valence-electron chi connectivity index (χ3n) is 3.69. The number of hydrogen-bond donors (Lipinski definition) is 1. The molecular weight excluding hydrogens is 353 g/mol. The van der Waals surface area contributed by atoms with E-state index < -0.39 is 23.0 Å². The Morgan fingerprint density at radius 3 is 2.58 bits per heavy atom. The van der Waals surface area contributed by atoms with E-state index in [1.807, 2.05) is 5.32 Å². The molecule has 10 heteroatoms. The Morgan fingerprint density at radius 2 is 2.00 bits per heavy atom. The lowest BCUT2D eigenvalue weighted by Crippen LogP contribution is -2.45. The van der Waals surface area contributed by atoms with Crippen LogP contribution in [0.25, 0.3) is 0 Å². The molecule has 0 saturated carbocycles. The first kappa shape index (κ1) is 19.4. The van der Waals surface area contributed by atoms with Crippen molar-refractivity contribution in [3.05, 3.63) is 58.4 Å². The summed E-state index contributed by atoms with van der Waals surface area (Å²) >= 11 is 0. The van der Waals surface area contributed by atoms with Gasteiger partial charge in [-0.3, -0.25) is 19.6 Å². The number of nitrogens with zero attached hydrogens (tertiary/aromatic N) is 3. The van der Waals surface area contributed by atoms with Crippen LogP contribution in [0.15, 0.2) is 42.7 Å². The maximum Gasteiger partial charge on any atom is 0.408 e. The molecule has 140 valence electrons. The average molecular weight is 370 g/mol. The summed E-state index contributed by atoms with van der Waals surface area (Å²) in [6, 6.07) is 6.73. The first-order valence-electron chi connectivity index (χ1n) is 7.82. The van der Waals surface area contributed by atoms with Crippen molar-refractivity contribution in [2.45, 2.75) is 38.0 Å². The van der Waals surface area contributed by atoms with Gasteiger partial charge < -0.3 is 5.32 Å². The highest BCUT2D eigenvalue weighted by Crippen LogP contribution is 2.24. The zero-order chi connectivity index (χ0) is 19.2. The summed E-state index contributed by atoms with van der Waals surface area (Å²) in [5, 5.41) is 16.2. The SMILES string of the molecule is O=C(CCn1cc([N+](=O)[O-])cn1)NC(CCc1ccccc1)C(F)(F)F. The molecular formula is C16H17F3N4O3. The predicted octanol–water partition coefficient (Wildman–Crippen LogP) is 2.86. The molecule has 1 aromatic carbocycles. The van der Waals surface area contributed by atoms with Gasteiger partial charge in [0.05, 0.1) is 4.92 Å². The van der Waals surface area contributed by atoms with E-state index in [0.29, 0.717) is 0 Å². The summed E-state index contributed by atoms with van der Waals surface area (Å²) in [6.45, 7) is -0.0526. The molecule has 2 rings (SSSR count). The van der Waals surface area contributed by atoms with E-state index in [9.17, 15) is 28.1 Å². The second-order valence-electron chi connectivity index (χ2n) is 5.65. The number of hydrogen-bond acceptors (Lipinski definition) is 4. The van der Waals surface area contributed by atoms with Gasteiger partial charge >= 0.3 is 11.9 Å². The highest BCUT2D eigenvalue weighted by Gasteiger charge is 2.40. The van der Waals surface area contributed by atoms with Crippen molar-refractivity contribution in [3.8, 4) is 0 Å².